The first kappa shape index (κ1) is 14.9. The normalized spacial score (nSPS) is 12.6. The Hall–Kier alpha value is -1.11. The maximum Gasteiger partial charge on any atom is 0.0726 e. The molecule has 1 aromatic heterocycles. The van der Waals surface area contributed by atoms with E-state index < -0.39 is 0 Å². The van der Waals surface area contributed by atoms with Gasteiger partial charge in [0.05, 0.1) is 44.9 Å². The number of rotatable bonds is 10. The third kappa shape index (κ3) is 6.00. The molecule has 0 saturated heterocycles. The third-order valence-electron chi connectivity index (χ3n) is 2.44. The molecule has 6 heteroatoms. The molecule has 6 nitrogen and oxygen atoms in total. The van der Waals surface area contributed by atoms with Crippen LogP contribution < -0.4 is 5.32 Å². The summed E-state index contributed by atoms with van der Waals surface area (Å²) in [5.41, 5.74) is 1.00. The molecule has 2 N–H and O–H groups in total. The van der Waals surface area contributed by atoms with Crippen molar-refractivity contribution in [3.8, 4) is 0 Å². The third-order valence-corrected chi connectivity index (χ3v) is 2.44. The van der Waals surface area contributed by atoms with Crippen LogP contribution >= 0.6 is 0 Å². The lowest BCUT2D eigenvalue weighted by Gasteiger charge is -2.10. The summed E-state index contributed by atoms with van der Waals surface area (Å²) in [5.74, 6) is 0.464. The molecule has 104 valence electrons. The number of aromatic nitrogens is 2. The number of nitrogens with one attached hydrogen (secondary N) is 1. The molecule has 1 heterocycles. The van der Waals surface area contributed by atoms with Gasteiger partial charge in [0, 0.05) is 19.9 Å². The Morgan fingerprint density at radius 3 is 3.06 bits per heavy atom. The number of ether oxygens (including phenoxy) is 2. The van der Waals surface area contributed by atoms with Gasteiger partial charge in [0.25, 0.3) is 0 Å². The van der Waals surface area contributed by atoms with Gasteiger partial charge in [0.2, 0.25) is 0 Å². The molecule has 1 aromatic rings. The van der Waals surface area contributed by atoms with Gasteiger partial charge in [-0.15, -0.1) is 0 Å². The average Bonchev–Trinajstić information content (AvgIpc) is 2.81. The highest BCUT2D eigenvalue weighted by Gasteiger charge is 2.02. The molecule has 0 aliphatic heterocycles. The average molecular weight is 257 g/mol. The van der Waals surface area contributed by atoms with Gasteiger partial charge >= 0.3 is 0 Å². The fourth-order valence-electron chi connectivity index (χ4n) is 1.54. The van der Waals surface area contributed by atoms with Gasteiger partial charge in [-0.2, -0.15) is 5.10 Å². The summed E-state index contributed by atoms with van der Waals surface area (Å²) in [6.45, 7) is 5.42. The zero-order valence-corrected chi connectivity index (χ0v) is 11.1. The second kappa shape index (κ2) is 8.91. The minimum absolute atomic E-state index is 0.0588. The highest BCUT2D eigenvalue weighted by Crippen LogP contribution is 2.06. The summed E-state index contributed by atoms with van der Waals surface area (Å²) >= 11 is 0. The van der Waals surface area contributed by atoms with Gasteiger partial charge in [-0.05, 0) is 5.92 Å². The Morgan fingerprint density at radius 2 is 2.33 bits per heavy atom. The molecular formula is C12H23N3O3. The van der Waals surface area contributed by atoms with Crippen molar-refractivity contribution in [1.82, 2.24) is 9.78 Å². The van der Waals surface area contributed by atoms with Crippen molar-refractivity contribution in [3.05, 3.63) is 12.4 Å². The maximum atomic E-state index is 8.57. The van der Waals surface area contributed by atoms with Crippen molar-refractivity contribution in [2.24, 2.45) is 5.92 Å². The Labute approximate surface area is 108 Å². The van der Waals surface area contributed by atoms with E-state index in [0.29, 0.717) is 25.7 Å². The van der Waals surface area contributed by atoms with Crippen molar-refractivity contribution in [3.63, 3.8) is 0 Å². The first-order valence-electron chi connectivity index (χ1n) is 6.20. The monoisotopic (exact) mass is 257 g/mol. The molecule has 1 rings (SSSR count). The summed E-state index contributed by atoms with van der Waals surface area (Å²) < 4.78 is 12.1. The minimum atomic E-state index is 0.0588. The lowest BCUT2D eigenvalue weighted by atomic mass is 10.2. The molecule has 0 amide bonds. The van der Waals surface area contributed by atoms with Crippen molar-refractivity contribution >= 4 is 5.69 Å². The van der Waals surface area contributed by atoms with Crippen LogP contribution in [0.3, 0.4) is 0 Å². The molecule has 0 spiro atoms. The van der Waals surface area contributed by atoms with Crippen molar-refractivity contribution in [2.45, 2.75) is 13.5 Å². The largest absolute Gasteiger partial charge is 0.394 e. The van der Waals surface area contributed by atoms with Crippen LogP contribution in [0.4, 0.5) is 5.69 Å². The van der Waals surface area contributed by atoms with Crippen LogP contribution in [0.15, 0.2) is 12.4 Å². The van der Waals surface area contributed by atoms with E-state index in [4.69, 9.17) is 14.6 Å². The smallest absolute Gasteiger partial charge is 0.0726 e. The van der Waals surface area contributed by atoms with E-state index in [0.717, 1.165) is 18.8 Å². The number of hydrogen-bond donors (Lipinski definition) is 2. The van der Waals surface area contributed by atoms with E-state index >= 15 is 0 Å². The molecule has 0 fully saturated rings. The summed E-state index contributed by atoms with van der Waals surface area (Å²) in [6, 6.07) is 0. The van der Waals surface area contributed by atoms with Crippen LogP contribution in [-0.2, 0) is 16.0 Å². The highest BCUT2D eigenvalue weighted by molar-refractivity contribution is 5.37. The van der Waals surface area contributed by atoms with Crippen LogP contribution in [0.2, 0.25) is 0 Å². The zero-order chi connectivity index (χ0) is 13.2. The quantitative estimate of drug-likeness (QED) is 0.600. The Bertz CT molecular complexity index is 317. The lowest BCUT2D eigenvalue weighted by Crippen LogP contribution is -2.15. The molecule has 0 aliphatic carbocycles. The highest BCUT2D eigenvalue weighted by atomic mass is 16.5. The summed E-state index contributed by atoms with van der Waals surface area (Å²) in [6.07, 6.45) is 3.74. The van der Waals surface area contributed by atoms with Crippen LogP contribution in [0, 0.1) is 5.92 Å². The minimum Gasteiger partial charge on any atom is -0.394 e. The second-order valence-electron chi connectivity index (χ2n) is 4.27. The molecule has 0 aliphatic rings. The summed E-state index contributed by atoms with van der Waals surface area (Å²) in [5, 5.41) is 16.1. The van der Waals surface area contributed by atoms with Crippen molar-refractivity contribution in [1.29, 1.82) is 0 Å². The van der Waals surface area contributed by atoms with Crippen molar-refractivity contribution in [2.75, 3.05) is 45.4 Å². The number of nitrogens with zero attached hydrogens (tertiary/aromatic N) is 2. The Kier molecular flexibility index (Phi) is 7.40. The van der Waals surface area contributed by atoms with E-state index in [1.807, 2.05) is 10.9 Å². The lowest BCUT2D eigenvalue weighted by molar-refractivity contribution is 0.0854. The predicted molar refractivity (Wildman–Crippen MR) is 69.7 cm³/mol. The number of aliphatic hydroxyl groups is 1. The van der Waals surface area contributed by atoms with Gasteiger partial charge in [0.1, 0.15) is 0 Å². The fraction of sp³-hybridized carbons (Fsp3) is 0.750. The molecule has 0 bridgehead atoms. The molecule has 1 atom stereocenters. The molecule has 0 aromatic carbocycles. The van der Waals surface area contributed by atoms with Crippen LogP contribution in [0.25, 0.3) is 0 Å². The van der Waals surface area contributed by atoms with Gasteiger partial charge in [-0.3, -0.25) is 4.68 Å². The van der Waals surface area contributed by atoms with Gasteiger partial charge in [0.15, 0.2) is 0 Å². The van der Waals surface area contributed by atoms with E-state index in [-0.39, 0.29) is 6.61 Å². The SMILES string of the molecule is COCC(C)CNc1cnn(CCOCCO)c1. The van der Waals surface area contributed by atoms with Crippen LogP contribution in [0.1, 0.15) is 6.92 Å². The molecular weight excluding hydrogens is 234 g/mol. The number of anilines is 1. The van der Waals surface area contributed by atoms with E-state index in [9.17, 15) is 0 Å². The van der Waals surface area contributed by atoms with E-state index in [1.165, 1.54) is 0 Å². The van der Waals surface area contributed by atoms with E-state index in [1.54, 1.807) is 13.3 Å². The maximum absolute atomic E-state index is 8.57. The summed E-state index contributed by atoms with van der Waals surface area (Å²) in [4.78, 5) is 0. The summed E-state index contributed by atoms with van der Waals surface area (Å²) in [7, 11) is 1.71. The first-order chi connectivity index (χ1) is 8.76. The van der Waals surface area contributed by atoms with Gasteiger partial charge in [-0.1, -0.05) is 6.92 Å². The zero-order valence-electron chi connectivity index (χ0n) is 11.1. The molecule has 1 unspecified atom stereocenters. The molecule has 18 heavy (non-hydrogen) atoms. The van der Waals surface area contributed by atoms with Crippen molar-refractivity contribution < 1.29 is 14.6 Å². The van der Waals surface area contributed by atoms with E-state index in [2.05, 4.69) is 17.3 Å². The molecule has 0 radical (unpaired) electrons. The number of hydrogen-bond acceptors (Lipinski definition) is 5. The second-order valence-corrected chi connectivity index (χ2v) is 4.27. The standard InChI is InChI=1S/C12H23N3O3/c1-11(10-17-2)7-13-12-8-14-15(9-12)3-5-18-6-4-16/h8-9,11,13,16H,3-7,10H2,1-2H3. The van der Waals surface area contributed by atoms with Crippen LogP contribution in [-0.4, -0.2) is 55.0 Å². The number of aliphatic hydroxyl groups excluding tert-OH is 1. The topological polar surface area (TPSA) is 68.5 Å². The fourth-order valence-corrected chi connectivity index (χ4v) is 1.54. The predicted octanol–water partition coefficient (Wildman–Crippen LogP) is 0.586. The number of methoxy groups -OCH3 is 1. The van der Waals surface area contributed by atoms with Crippen LogP contribution in [0.5, 0.6) is 0 Å². The molecule has 0 saturated carbocycles. The Balaban J connectivity index is 2.21. The Morgan fingerprint density at radius 1 is 1.50 bits per heavy atom. The van der Waals surface area contributed by atoms with Gasteiger partial charge < -0.3 is 19.9 Å². The first-order valence-corrected chi connectivity index (χ1v) is 6.20. The van der Waals surface area contributed by atoms with Gasteiger partial charge in [-0.25, -0.2) is 0 Å².